The molecule has 10 heteroatoms. The maximum atomic E-state index is 13.3. The number of anilines is 1. The number of nitrogens with one attached hydrogen (secondary N) is 1. The van der Waals surface area contributed by atoms with Gasteiger partial charge in [0, 0.05) is 64.9 Å². The van der Waals surface area contributed by atoms with Gasteiger partial charge in [-0.15, -0.1) is 0 Å². The lowest BCUT2D eigenvalue weighted by atomic mass is 9.82. The molecule has 0 saturated carbocycles. The van der Waals surface area contributed by atoms with Crippen LogP contribution in [-0.4, -0.2) is 57.5 Å². The van der Waals surface area contributed by atoms with E-state index in [4.69, 9.17) is 4.74 Å². The average molecular weight is 645 g/mol. The zero-order chi connectivity index (χ0) is 31.0. The molecule has 0 aliphatic carbocycles. The highest BCUT2D eigenvalue weighted by molar-refractivity contribution is 7.89. The number of carboxylic acid groups (broad SMARTS) is 1. The third-order valence-corrected chi connectivity index (χ3v) is 12.1. The van der Waals surface area contributed by atoms with E-state index in [0.717, 1.165) is 117 Å². The molecule has 0 amide bonds. The van der Waals surface area contributed by atoms with Gasteiger partial charge in [-0.1, -0.05) is 6.07 Å². The van der Waals surface area contributed by atoms with Gasteiger partial charge >= 0.3 is 5.97 Å². The lowest BCUT2D eigenvalue weighted by molar-refractivity contribution is -0.138. The molecule has 3 aromatic rings. The molecule has 1 atom stereocenters. The van der Waals surface area contributed by atoms with Crippen molar-refractivity contribution in [2.24, 2.45) is 0 Å². The number of ether oxygens (including phenoxy) is 1. The summed E-state index contributed by atoms with van der Waals surface area (Å²) in [6, 6.07) is 8.52. The molecule has 8 nitrogen and oxygen atoms in total. The Morgan fingerprint density at radius 2 is 1.71 bits per heavy atom. The third kappa shape index (κ3) is 4.62. The van der Waals surface area contributed by atoms with Crippen molar-refractivity contribution >= 4 is 39.9 Å². The highest BCUT2D eigenvalue weighted by Crippen LogP contribution is 2.48. The van der Waals surface area contributed by atoms with Gasteiger partial charge in [0.05, 0.1) is 10.5 Å². The van der Waals surface area contributed by atoms with E-state index in [2.05, 4.69) is 39.0 Å². The number of thiol groups is 1. The molecule has 3 aromatic carbocycles. The van der Waals surface area contributed by atoms with Crippen LogP contribution < -0.4 is 29.5 Å². The molecule has 45 heavy (non-hydrogen) atoms. The molecular weight excluding hydrogens is 607 g/mol. The van der Waals surface area contributed by atoms with Crippen LogP contribution in [0, 0.1) is 6.92 Å². The fraction of sp³-hybridized carbons (Fsp3) is 0.429. The number of aryl methyl sites for hydroxylation is 3. The standard InChI is InChI=1S/C35H37N3O5S2/c1-20-16-23(45(41,42)36-29(19-44)35(39)40)10-11-24(20)30-27-17-21-6-2-12-37-14-4-8-25(31(21)37)33(27)43-34-26-9-5-15-38-13-3-7-22(32(26)38)18-28(30)34/h10-11,16-18,29,36H,2-9,12-15,19H2,1H3,(H-,39,40,44)/p+1. The fourth-order valence-corrected chi connectivity index (χ4v) is 9.95. The van der Waals surface area contributed by atoms with E-state index < -0.39 is 22.0 Å². The molecule has 0 saturated heterocycles. The summed E-state index contributed by atoms with van der Waals surface area (Å²) < 4.78 is 38.5. The number of hydrogen-bond acceptors (Lipinski definition) is 6. The molecule has 0 aromatic heterocycles. The Bertz CT molecular complexity index is 2030. The SMILES string of the molecule is Cc1cc(S(=O)(=O)NC(CS)C(=O)O)ccc1C1=c2cc3c4c(c2Oc2c1cc1c5c2CCCN5CCC1)CCC[N+]=4CCC3. The normalized spacial score (nSPS) is 18.8. The summed E-state index contributed by atoms with van der Waals surface area (Å²) >= 11 is 4.03. The van der Waals surface area contributed by atoms with Crippen LogP contribution >= 0.6 is 12.6 Å². The van der Waals surface area contributed by atoms with Crippen molar-refractivity contribution in [3.63, 3.8) is 0 Å². The molecular formula is C35H38N3O5S2+. The minimum absolute atomic E-state index is 0.0391. The summed E-state index contributed by atoms with van der Waals surface area (Å²) in [5.41, 5.74) is 10.7. The van der Waals surface area contributed by atoms with Crippen molar-refractivity contribution in [1.29, 1.82) is 0 Å². The van der Waals surface area contributed by atoms with Gasteiger partial charge in [0.25, 0.3) is 0 Å². The number of nitrogens with zero attached hydrogens (tertiary/aromatic N) is 2. The summed E-state index contributed by atoms with van der Waals surface area (Å²) in [4.78, 5) is 14.1. The number of aliphatic carboxylic acids is 1. The van der Waals surface area contributed by atoms with Gasteiger partial charge in [-0.25, -0.2) is 13.0 Å². The van der Waals surface area contributed by atoms with Gasteiger partial charge in [0.2, 0.25) is 15.4 Å². The van der Waals surface area contributed by atoms with E-state index in [-0.39, 0.29) is 10.6 Å². The van der Waals surface area contributed by atoms with Crippen LogP contribution in [0.2, 0.25) is 0 Å². The number of fused-ring (bicyclic) bond motifs is 4. The maximum absolute atomic E-state index is 13.3. The highest BCUT2D eigenvalue weighted by Gasteiger charge is 2.36. The molecule has 0 spiro atoms. The first kappa shape index (κ1) is 29.1. The topological polar surface area (TPSA) is 99.0 Å². The van der Waals surface area contributed by atoms with E-state index in [1.54, 1.807) is 12.1 Å². The van der Waals surface area contributed by atoms with Crippen molar-refractivity contribution in [2.45, 2.75) is 69.2 Å². The lowest BCUT2D eigenvalue weighted by Gasteiger charge is -2.39. The molecule has 0 bridgehead atoms. The lowest BCUT2D eigenvalue weighted by Crippen LogP contribution is -2.45. The van der Waals surface area contributed by atoms with Gasteiger partial charge in [-0.05, 0) is 86.4 Å². The minimum Gasteiger partial charge on any atom is -0.480 e. The maximum Gasteiger partial charge on any atom is 0.322 e. The smallest absolute Gasteiger partial charge is 0.322 e. The summed E-state index contributed by atoms with van der Waals surface area (Å²) in [7, 11) is -4.07. The van der Waals surface area contributed by atoms with Crippen molar-refractivity contribution < 1.29 is 23.1 Å². The van der Waals surface area contributed by atoms with Crippen LogP contribution in [0.4, 0.5) is 5.69 Å². The average Bonchev–Trinajstić information content (AvgIpc) is 3.03. The molecule has 0 radical (unpaired) electrons. The second-order valence-electron chi connectivity index (χ2n) is 13.0. The first-order valence-electron chi connectivity index (χ1n) is 16.1. The Morgan fingerprint density at radius 3 is 2.47 bits per heavy atom. The Kier molecular flexibility index (Phi) is 7.03. The van der Waals surface area contributed by atoms with E-state index in [9.17, 15) is 18.3 Å². The second kappa shape index (κ2) is 10.9. The first-order valence-corrected chi connectivity index (χ1v) is 18.3. The van der Waals surface area contributed by atoms with Gasteiger partial charge in [-0.3, -0.25) is 4.79 Å². The molecule has 8 rings (SSSR count). The predicted molar refractivity (Wildman–Crippen MR) is 177 cm³/mol. The fourth-order valence-electron chi connectivity index (χ4n) is 8.31. The van der Waals surface area contributed by atoms with Crippen molar-refractivity contribution in [1.82, 2.24) is 9.30 Å². The summed E-state index contributed by atoms with van der Waals surface area (Å²) in [6.45, 7) is 6.27. The van der Waals surface area contributed by atoms with Crippen LogP contribution in [-0.2, 0) is 40.5 Å². The molecule has 5 aliphatic rings. The second-order valence-corrected chi connectivity index (χ2v) is 15.1. The van der Waals surface area contributed by atoms with Crippen LogP contribution in [0.25, 0.3) is 5.57 Å². The highest BCUT2D eigenvalue weighted by atomic mass is 32.2. The summed E-state index contributed by atoms with van der Waals surface area (Å²) in [5.74, 6) is 0.515. The summed E-state index contributed by atoms with van der Waals surface area (Å²) in [6.07, 6.45) is 8.50. The molecule has 234 valence electrons. The van der Waals surface area contributed by atoms with Crippen molar-refractivity contribution in [2.75, 3.05) is 36.8 Å². The Hall–Kier alpha value is -3.34. The van der Waals surface area contributed by atoms with E-state index in [1.807, 2.05) is 13.0 Å². The van der Waals surface area contributed by atoms with Crippen LogP contribution in [0.15, 0.2) is 35.2 Å². The predicted octanol–water partition coefficient (Wildman–Crippen LogP) is 3.09. The molecule has 0 fully saturated rings. The van der Waals surface area contributed by atoms with E-state index >= 15 is 0 Å². The van der Waals surface area contributed by atoms with E-state index in [1.165, 1.54) is 33.3 Å². The van der Waals surface area contributed by atoms with Crippen molar-refractivity contribution in [3.05, 3.63) is 79.9 Å². The largest absolute Gasteiger partial charge is 0.480 e. The first-order chi connectivity index (χ1) is 21.7. The van der Waals surface area contributed by atoms with Crippen molar-refractivity contribution in [3.8, 4) is 11.5 Å². The molecule has 5 heterocycles. The number of sulfonamides is 1. The summed E-state index contributed by atoms with van der Waals surface area (Å²) in [5, 5.41) is 11.9. The van der Waals surface area contributed by atoms with Gasteiger partial charge in [0.15, 0.2) is 0 Å². The van der Waals surface area contributed by atoms with Crippen LogP contribution in [0.3, 0.4) is 0 Å². The Labute approximate surface area is 268 Å². The van der Waals surface area contributed by atoms with Crippen LogP contribution in [0.1, 0.15) is 64.6 Å². The number of rotatable bonds is 6. The number of hydrogen-bond donors (Lipinski definition) is 3. The zero-order valence-corrected chi connectivity index (χ0v) is 27.2. The van der Waals surface area contributed by atoms with Gasteiger partial charge in [0.1, 0.15) is 30.6 Å². The number of benzene rings is 3. The van der Waals surface area contributed by atoms with Crippen LogP contribution in [0.5, 0.6) is 11.5 Å². The zero-order valence-electron chi connectivity index (χ0n) is 25.5. The Balaban J connectivity index is 1.39. The Morgan fingerprint density at radius 1 is 0.978 bits per heavy atom. The van der Waals surface area contributed by atoms with E-state index in [0.29, 0.717) is 0 Å². The van der Waals surface area contributed by atoms with Gasteiger partial charge in [-0.2, -0.15) is 17.4 Å². The third-order valence-electron chi connectivity index (χ3n) is 10.2. The monoisotopic (exact) mass is 644 g/mol. The number of carbonyl (C=O) groups is 1. The number of carboxylic acids is 1. The quantitative estimate of drug-likeness (QED) is 0.221. The van der Waals surface area contributed by atoms with Gasteiger partial charge < -0.3 is 14.7 Å². The minimum atomic E-state index is -4.07. The molecule has 5 aliphatic heterocycles. The molecule has 1 unspecified atom stereocenters. The molecule has 2 N–H and O–H groups in total.